The minimum Gasteiger partial charge on any atom is -0.497 e. The minimum absolute atomic E-state index is 0.250. The Morgan fingerprint density at radius 3 is 2.48 bits per heavy atom. The number of methoxy groups -OCH3 is 1. The average Bonchev–Trinajstić information content (AvgIpc) is 3.37. The van der Waals surface area contributed by atoms with Crippen molar-refractivity contribution in [1.82, 2.24) is 10.4 Å². The molecule has 8 nitrogen and oxygen atoms in total. The summed E-state index contributed by atoms with van der Waals surface area (Å²) >= 11 is 12.8. The second-order valence-electron chi connectivity index (χ2n) is 9.00. The molecule has 212 valence electrons. The highest BCUT2D eigenvalue weighted by Gasteiger charge is 2.21. The maximum atomic E-state index is 13.3. The first kappa shape index (κ1) is 28.7. The van der Waals surface area contributed by atoms with E-state index in [2.05, 4.69) is 15.5 Å². The van der Waals surface area contributed by atoms with Gasteiger partial charge in [-0.3, -0.25) is 4.79 Å². The van der Waals surface area contributed by atoms with E-state index in [-0.39, 0.29) is 11.4 Å². The number of nitrogens with one attached hydrogen (secondary N) is 2. The van der Waals surface area contributed by atoms with Gasteiger partial charge in [0.15, 0.2) is 11.5 Å². The van der Waals surface area contributed by atoms with Crippen molar-refractivity contribution in [2.75, 3.05) is 13.7 Å². The minimum atomic E-state index is -0.541. The smallest absolute Gasteiger partial charge is 0.343 e. The predicted octanol–water partition coefficient (Wildman–Crippen LogP) is 7.53. The van der Waals surface area contributed by atoms with Gasteiger partial charge in [-0.1, -0.05) is 41.4 Å². The van der Waals surface area contributed by atoms with E-state index in [1.54, 1.807) is 73.8 Å². The van der Waals surface area contributed by atoms with Crippen LogP contribution in [0.25, 0.3) is 22.0 Å². The molecule has 0 atom stereocenters. The van der Waals surface area contributed by atoms with Crippen LogP contribution in [0.15, 0.2) is 90.0 Å². The third kappa shape index (κ3) is 6.25. The molecular weight excluding hydrogens is 577 g/mol. The number of H-pyrrole nitrogens is 1. The first-order valence-electron chi connectivity index (χ1n) is 12.9. The summed E-state index contributed by atoms with van der Waals surface area (Å²) < 4.78 is 16.4. The lowest BCUT2D eigenvalue weighted by Crippen LogP contribution is -2.19. The van der Waals surface area contributed by atoms with Crippen LogP contribution in [0.3, 0.4) is 0 Å². The Kier molecular flexibility index (Phi) is 8.76. The number of carbonyl (C=O) groups excluding carboxylic acids is 2. The topological polar surface area (TPSA) is 102 Å². The molecule has 42 heavy (non-hydrogen) atoms. The van der Waals surface area contributed by atoms with Gasteiger partial charge in [0.2, 0.25) is 0 Å². The van der Waals surface area contributed by atoms with Gasteiger partial charge in [0.25, 0.3) is 5.91 Å². The van der Waals surface area contributed by atoms with E-state index >= 15 is 0 Å². The van der Waals surface area contributed by atoms with Crippen molar-refractivity contribution in [1.29, 1.82) is 0 Å². The van der Waals surface area contributed by atoms with Crippen molar-refractivity contribution in [3.05, 3.63) is 112 Å². The molecule has 0 radical (unpaired) electrons. The van der Waals surface area contributed by atoms with Gasteiger partial charge >= 0.3 is 5.97 Å². The summed E-state index contributed by atoms with van der Waals surface area (Å²) in [6.07, 6.45) is 1.46. The number of halogens is 2. The molecule has 5 aromatic rings. The molecule has 1 aromatic heterocycles. The van der Waals surface area contributed by atoms with Crippen LogP contribution in [0.5, 0.6) is 17.2 Å². The standard InChI is InChI=1S/C32H25Cl2N3O5/c1-3-41-28-16-19(8-15-27(28)42-32(39)20-9-12-22(40-2)13-10-20)18-35-37-31(38)30-29(23-6-4-5-7-25(23)34)24-17-21(33)11-14-26(24)36-30/h4-18,36H,3H2,1-2H3,(H,37,38). The summed E-state index contributed by atoms with van der Waals surface area (Å²) in [4.78, 5) is 29.1. The Morgan fingerprint density at radius 1 is 0.952 bits per heavy atom. The van der Waals surface area contributed by atoms with Crippen molar-refractivity contribution < 1.29 is 23.8 Å². The molecule has 1 heterocycles. The van der Waals surface area contributed by atoms with Crippen LogP contribution in [-0.2, 0) is 0 Å². The number of aromatic nitrogens is 1. The molecule has 2 N–H and O–H groups in total. The highest BCUT2D eigenvalue weighted by atomic mass is 35.5. The fraction of sp³-hybridized carbons (Fsp3) is 0.0938. The number of nitrogens with zero attached hydrogens (tertiary/aromatic N) is 1. The number of hydrogen-bond donors (Lipinski definition) is 2. The van der Waals surface area contributed by atoms with Crippen molar-refractivity contribution in [2.45, 2.75) is 6.92 Å². The Bertz CT molecular complexity index is 1800. The van der Waals surface area contributed by atoms with Gasteiger partial charge in [0.05, 0.1) is 25.5 Å². The Hall–Kier alpha value is -4.79. The lowest BCUT2D eigenvalue weighted by molar-refractivity contribution is 0.0728. The maximum Gasteiger partial charge on any atom is 0.343 e. The van der Waals surface area contributed by atoms with E-state index in [0.717, 1.165) is 10.9 Å². The molecule has 5 rings (SSSR count). The van der Waals surface area contributed by atoms with Crippen molar-refractivity contribution in [2.24, 2.45) is 5.10 Å². The molecule has 0 aliphatic carbocycles. The predicted molar refractivity (Wildman–Crippen MR) is 164 cm³/mol. The summed E-state index contributed by atoms with van der Waals surface area (Å²) in [7, 11) is 1.55. The maximum absolute atomic E-state index is 13.3. The molecule has 0 bridgehead atoms. The van der Waals surface area contributed by atoms with Crippen molar-refractivity contribution in [3.63, 3.8) is 0 Å². The number of esters is 1. The molecule has 0 aliphatic rings. The van der Waals surface area contributed by atoms with Crippen LogP contribution in [0.2, 0.25) is 10.0 Å². The highest BCUT2D eigenvalue weighted by Crippen LogP contribution is 2.37. The summed E-state index contributed by atoms with van der Waals surface area (Å²) in [5, 5.41) is 5.92. The van der Waals surface area contributed by atoms with Gasteiger partial charge in [-0.25, -0.2) is 10.2 Å². The van der Waals surface area contributed by atoms with Gasteiger partial charge in [-0.15, -0.1) is 0 Å². The summed E-state index contributed by atoms with van der Waals surface area (Å²) in [5.74, 6) is 0.222. The zero-order valence-corrected chi connectivity index (χ0v) is 24.1. The average molecular weight is 602 g/mol. The number of ether oxygens (including phenoxy) is 3. The fourth-order valence-electron chi connectivity index (χ4n) is 4.34. The number of hydrogen-bond acceptors (Lipinski definition) is 6. The molecule has 10 heteroatoms. The van der Waals surface area contributed by atoms with Gasteiger partial charge in [-0.05, 0) is 79.2 Å². The molecular formula is C32H25Cl2N3O5. The Morgan fingerprint density at radius 2 is 1.74 bits per heavy atom. The summed E-state index contributed by atoms with van der Waals surface area (Å²) in [5.41, 5.74) is 5.85. The number of rotatable bonds is 9. The Balaban J connectivity index is 1.36. The number of amides is 1. The quantitative estimate of drug-likeness (QED) is 0.0786. The van der Waals surface area contributed by atoms with Crippen LogP contribution in [0.1, 0.15) is 33.3 Å². The van der Waals surface area contributed by atoms with Gasteiger partial charge in [0, 0.05) is 32.1 Å². The lowest BCUT2D eigenvalue weighted by Gasteiger charge is -2.11. The van der Waals surface area contributed by atoms with E-state index in [1.165, 1.54) is 6.21 Å². The molecule has 0 spiro atoms. The van der Waals surface area contributed by atoms with E-state index in [0.29, 0.717) is 50.4 Å². The van der Waals surface area contributed by atoms with E-state index in [9.17, 15) is 9.59 Å². The second-order valence-corrected chi connectivity index (χ2v) is 9.84. The molecule has 0 unspecified atom stereocenters. The van der Waals surface area contributed by atoms with Crippen LogP contribution >= 0.6 is 23.2 Å². The van der Waals surface area contributed by atoms with Gasteiger partial charge in [0.1, 0.15) is 11.4 Å². The molecule has 1 amide bonds. The highest BCUT2D eigenvalue weighted by molar-refractivity contribution is 6.34. The normalized spacial score (nSPS) is 11.0. The van der Waals surface area contributed by atoms with Crippen LogP contribution in [-0.4, -0.2) is 36.8 Å². The number of aromatic amines is 1. The molecule has 0 aliphatic heterocycles. The summed E-state index contributed by atoms with van der Waals surface area (Å²) in [6.45, 7) is 2.17. The molecule has 0 fully saturated rings. The number of fused-ring (bicyclic) bond motifs is 1. The zero-order chi connectivity index (χ0) is 29.6. The third-order valence-electron chi connectivity index (χ3n) is 6.31. The van der Waals surface area contributed by atoms with Crippen molar-refractivity contribution in [3.8, 4) is 28.4 Å². The molecule has 0 saturated carbocycles. The van der Waals surface area contributed by atoms with Gasteiger partial charge < -0.3 is 19.2 Å². The fourth-order valence-corrected chi connectivity index (χ4v) is 4.75. The second kappa shape index (κ2) is 12.8. The number of carbonyl (C=O) groups is 2. The first-order chi connectivity index (χ1) is 20.4. The monoisotopic (exact) mass is 601 g/mol. The van der Waals surface area contributed by atoms with Crippen LogP contribution in [0, 0.1) is 0 Å². The van der Waals surface area contributed by atoms with Gasteiger partial charge in [-0.2, -0.15) is 5.10 Å². The SMILES string of the molecule is CCOc1cc(C=NNC(=O)c2[nH]c3ccc(Cl)cc3c2-c2ccccc2Cl)ccc1OC(=O)c1ccc(OC)cc1. The van der Waals surface area contributed by atoms with Crippen LogP contribution in [0.4, 0.5) is 0 Å². The summed E-state index contributed by atoms with van der Waals surface area (Å²) in [6, 6.07) is 24.1. The first-order valence-corrected chi connectivity index (χ1v) is 13.7. The van der Waals surface area contributed by atoms with E-state index < -0.39 is 11.9 Å². The number of hydrazone groups is 1. The number of benzene rings is 4. The van der Waals surface area contributed by atoms with Crippen molar-refractivity contribution >= 4 is 52.2 Å². The van der Waals surface area contributed by atoms with E-state index in [4.69, 9.17) is 37.4 Å². The van der Waals surface area contributed by atoms with Crippen LogP contribution < -0.4 is 19.6 Å². The largest absolute Gasteiger partial charge is 0.497 e. The molecule has 4 aromatic carbocycles. The van der Waals surface area contributed by atoms with E-state index in [1.807, 2.05) is 25.1 Å². The third-order valence-corrected chi connectivity index (χ3v) is 6.87. The Labute approximate surface area is 251 Å². The molecule has 0 saturated heterocycles. The zero-order valence-electron chi connectivity index (χ0n) is 22.6. The lowest BCUT2D eigenvalue weighted by atomic mass is 10.0.